The van der Waals surface area contributed by atoms with Gasteiger partial charge >= 0.3 is 0 Å². The van der Waals surface area contributed by atoms with E-state index in [2.05, 4.69) is 60.2 Å². The fraction of sp³-hybridized carbons (Fsp3) is 0.387. The Kier molecular flexibility index (Phi) is 23.2. The maximum atomic E-state index is 10.9. The lowest BCUT2D eigenvalue weighted by molar-refractivity contribution is 0.512. The van der Waals surface area contributed by atoms with Crippen molar-refractivity contribution in [3.63, 3.8) is 0 Å². The van der Waals surface area contributed by atoms with Gasteiger partial charge in [0.15, 0.2) is 0 Å². The Morgan fingerprint density at radius 3 is 1.07 bits per heavy atom. The molecule has 0 saturated carbocycles. The Morgan fingerprint density at radius 2 is 0.735 bits per heavy atom. The van der Waals surface area contributed by atoms with Crippen molar-refractivity contribution in [3.8, 4) is 30.6 Å². The molecule has 6 rings (SSSR count). The number of para-hydroxylation sites is 2. The Hall–Kier alpha value is -5.30. The van der Waals surface area contributed by atoms with Crippen LogP contribution in [0, 0.1) is 0 Å². The highest BCUT2D eigenvalue weighted by atomic mass is 32.1. The van der Waals surface area contributed by atoms with Gasteiger partial charge in [-0.15, -0.1) is 22.7 Å². The van der Waals surface area contributed by atoms with Gasteiger partial charge in [-0.3, -0.25) is 9.98 Å². The maximum absolute atomic E-state index is 10.9. The van der Waals surface area contributed by atoms with E-state index in [4.69, 9.17) is 0 Å². The molecule has 4 aromatic carbocycles. The first-order valence-electron chi connectivity index (χ1n) is 26.0. The topological polar surface area (TPSA) is 65.2 Å². The number of unbranched alkanes of at least 4 members (excludes halogenated alkanes) is 18. The third-order valence-corrected chi connectivity index (χ3v) is 15.4. The summed E-state index contributed by atoms with van der Waals surface area (Å²) in [6.07, 6.45) is 35.3. The number of benzene rings is 4. The van der Waals surface area contributed by atoms with E-state index in [1.807, 2.05) is 108 Å². The molecule has 0 unspecified atom stereocenters. The molecule has 2 aromatic heterocycles. The van der Waals surface area contributed by atoms with Crippen LogP contribution in [-0.4, -0.2) is 22.6 Å². The van der Waals surface area contributed by atoms with E-state index < -0.39 is 0 Å². The van der Waals surface area contributed by atoms with Gasteiger partial charge in [0.2, 0.25) is 0 Å². The quantitative estimate of drug-likeness (QED) is 0.0259. The van der Waals surface area contributed by atoms with Crippen molar-refractivity contribution < 1.29 is 10.2 Å². The van der Waals surface area contributed by atoms with E-state index in [0.29, 0.717) is 0 Å². The average Bonchev–Trinajstić information content (AvgIpc) is 4.00. The zero-order chi connectivity index (χ0) is 47.4. The fourth-order valence-electron chi connectivity index (χ4n) is 8.72. The zero-order valence-electron chi connectivity index (χ0n) is 41.0. The van der Waals surface area contributed by atoms with Gasteiger partial charge in [0, 0.05) is 43.1 Å². The van der Waals surface area contributed by atoms with Crippen LogP contribution in [-0.2, 0) is 12.8 Å². The van der Waals surface area contributed by atoms with Gasteiger partial charge in [-0.05, 0) is 96.5 Å². The van der Waals surface area contributed by atoms with Gasteiger partial charge < -0.3 is 10.2 Å². The third kappa shape index (κ3) is 17.7. The summed E-state index contributed by atoms with van der Waals surface area (Å²) in [6, 6.07) is 41.2. The van der Waals surface area contributed by atoms with Gasteiger partial charge in [-0.1, -0.05) is 214 Å². The van der Waals surface area contributed by atoms with Crippen LogP contribution in [0.15, 0.2) is 143 Å². The summed E-state index contributed by atoms with van der Waals surface area (Å²) in [6.45, 7) is 4.58. The van der Waals surface area contributed by atoms with E-state index in [0.717, 1.165) is 35.3 Å². The highest BCUT2D eigenvalue weighted by molar-refractivity contribution is 7.25. The van der Waals surface area contributed by atoms with Crippen molar-refractivity contribution in [2.75, 3.05) is 0 Å². The molecular weight excluding hydrogens is 869 g/mol. The van der Waals surface area contributed by atoms with Crippen molar-refractivity contribution in [3.05, 3.63) is 156 Å². The number of allylic oxidation sites excluding steroid dienone is 2. The Labute approximate surface area is 417 Å². The van der Waals surface area contributed by atoms with E-state index >= 15 is 0 Å². The predicted octanol–water partition coefficient (Wildman–Crippen LogP) is 20.3. The largest absolute Gasteiger partial charge is 0.507 e. The monoisotopic (exact) mass is 945 g/mol. The molecule has 0 fully saturated rings. The lowest BCUT2D eigenvalue weighted by atomic mass is 10.00. The highest BCUT2D eigenvalue weighted by Crippen LogP contribution is 2.46. The van der Waals surface area contributed by atoms with Gasteiger partial charge in [0.25, 0.3) is 0 Å². The summed E-state index contributed by atoms with van der Waals surface area (Å²) in [4.78, 5) is 14.3. The Morgan fingerprint density at radius 1 is 0.412 bits per heavy atom. The Bertz CT molecular complexity index is 2270. The second-order valence-electron chi connectivity index (χ2n) is 18.3. The SMILES string of the molecule is CCCCCCCCCCCCc1cc(-c2ccc(/C(O)=C/C=Nc3ccccc3)cc2)sc1-c1sc(-c2ccc(/C(O)=C/C=Nc3ccccc3)cc2)cc1CCCCCCCCCCCC. The van der Waals surface area contributed by atoms with Crippen LogP contribution in [0.2, 0.25) is 0 Å². The number of hydrogen-bond donors (Lipinski definition) is 2. The van der Waals surface area contributed by atoms with Gasteiger partial charge in [-0.2, -0.15) is 0 Å². The number of aliphatic hydroxyl groups is 2. The molecule has 0 amide bonds. The number of aliphatic imine (C=N–C) groups is 2. The molecule has 0 radical (unpaired) electrons. The molecule has 0 saturated heterocycles. The predicted molar refractivity (Wildman–Crippen MR) is 300 cm³/mol. The molecule has 0 aliphatic heterocycles. The summed E-state index contributed by atoms with van der Waals surface area (Å²) in [5.41, 5.74) is 8.50. The van der Waals surface area contributed by atoms with Crippen molar-refractivity contribution >= 4 is 58.0 Å². The summed E-state index contributed by atoms with van der Waals surface area (Å²) in [5.74, 6) is 0.396. The molecule has 0 aliphatic carbocycles. The van der Waals surface area contributed by atoms with E-state index in [9.17, 15) is 10.2 Å². The van der Waals surface area contributed by atoms with E-state index in [-0.39, 0.29) is 11.5 Å². The Balaban J connectivity index is 1.23. The third-order valence-electron chi connectivity index (χ3n) is 12.8. The molecule has 0 atom stereocenters. The molecule has 0 bridgehead atoms. The minimum Gasteiger partial charge on any atom is -0.507 e. The van der Waals surface area contributed by atoms with Crippen LogP contribution in [0.5, 0.6) is 0 Å². The second-order valence-corrected chi connectivity index (χ2v) is 20.4. The van der Waals surface area contributed by atoms with Gasteiger partial charge in [0.1, 0.15) is 11.5 Å². The van der Waals surface area contributed by atoms with Crippen LogP contribution in [0.4, 0.5) is 11.4 Å². The highest BCUT2D eigenvalue weighted by Gasteiger charge is 2.20. The van der Waals surface area contributed by atoms with Crippen LogP contribution in [0.25, 0.3) is 42.2 Å². The van der Waals surface area contributed by atoms with Crippen LogP contribution >= 0.6 is 22.7 Å². The molecule has 0 aliphatic rings. The van der Waals surface area contributed by atoms with Crippen molar-refractivity contribution in [2.24, 2.45) is 9.98 Å². The van der Waals surface area contributed by atoms with Crippen molar-refractivity contribution in [1.29, 1.82) is 0 Å². The molecule has 4 nitrogen and oxygen atoms in total. The molecule has 2 N–H and O–H groups in total. The number of aryl methyl sites for hydroxylation is 2. The average molecular weight is 945 g/mol. The first-order valence-corrected chi connectivity index (χ1v) is 27.6. The standard InChI is InChI=1S/C62H76N2O2S2/c1-3-5-7-9-11-13-15-17-19-23-29-53-47-59(51-39-35-49(36-40-51)57(65)43-45-63-55-31-25-21-26-32-55)67-61(53)62-54(30-24-20-18-16-14-12-10-8-6-4-2)48-60(68-62)52-41-37-50(38-42-52)58(66)44-46-64-56-33-27-22-28-34-56/h21-22,25-28,31-48,65-66H,3-20,23-24,29-30H2,1-2H3/b57-43-,58-44-,63-45?,64-46?. The molecule has 6 aromatic rings. The van der Waals surface area contributed by atoms with Crippen LogP contribution in [0.1, 0.15) is 165 Å². The second kappa shape index (κ2) is 30.2. The molecule has 0 spiro atoms. The summed E-state index contributed by atoms with van der Waals surface area (Å²) in [7, 11) is 0. The molecule has 6 heteroatoms. The molecule has 68 heavy (non-hydrogen) atoms. The van der Waals surface area contributed by atoms with Crippen LogP contribution < -0.4 is 0 Å². The van der Waals surface area contributed by atoms with E-state index in [1.54, 1.807) is 24.6 Å². The molecule has 2 heterocycles. The van der Waals surface area contributed by atoms with Crippen molar-refractivity contribution in [1.82, 2.24) is 0 Å². The van der Waals surface area contributed by atoms with Crippen molar-refractivity contribution in [2.45, 2.75) is 155 Å². The zero-order valence-corrected chi connectivity index (χ0v) is 42.7. The number of aliphatic hydroxyl groups excluding tert-OH is 2. The number of rotatable bonds is 31. The fourth-order valence-corrected chi connectivity index (χ4v) is 11.4. The smallest absolute Gasteiger partial charge is 0.124 e. The normalized spacial score (nSPS) is 12.3. The van der Waals surface area contributed by atoms with Gasteiger partial charge in [0.05, 0.1) is 11.4 Å². The van der Waals surface area contributed by atoms with Gasteiger partial charge in [-0.25, -0.2) is 0 Å². The minimum atomic E-state index is 0.198. The lowest BCUT2D eigenvalue weighted by Gasteiger charge is -2.07. The maximum Gasteiger partial charge on any atom is 0.124 e. The lowest BCUT2D eigenvalue weighted by Crippen LogP contribution is -1.90. The molecule has 358 valence electrons. The minimum absolute atomic E-state index is 0.198. The summed E-state index contributed by atoms with van der Waals surface area (Å²) < 4.78 is 0. The van der Waals surface area contributed by atoms with Crippen LogP contribution in [0.3, 0.4) is 0 Å². The summed E-state index contributed by atoms with van der Waals surface area (Å²) >= 11 is 3.85. The molecular formula is C62H76N2O2S2. The first kappa shape index (κ1) is 52.1. The summed E-state index contributed by atoms with van der Waals surface area (Å²) in [5, 5.41) is 21.9. The number of nitrogens with zero attached hydrogens (tertiary/aromatic N) is 2. The number of thiophene rings is 2. The van der Waals surface area contributed by atoms with E-state index in [1.165, 1.54) is 170 Å². The first-order chi connectivity index (χ1) is 33.5. The number of hydrogen-bond acceptors (Lipinski definition) is 6.